The van der Waals surface area contributed by atoms with Crippen LogP contribution in [-0.4, -0.2) is 56.3 Å². The van der Waals surface area contributed by atoms with Crippen LogP contribution in [0, 0.1) is 0 Å². The number of carbonyl (C=O) groups is 2. The number of esters is 2. The number of likely N-dealkylation sites (N-methyl/N-ethyl adjacent to an activating group) is 1. The average molecular weight is 806 g/mol. The van der Waals surface area contributed by atoms with Gasteiger partial charge in [-0.3, -0.25) is 18.6 Å². The number of phosphoric acid groups is 1. The number of nitrogens with one attached hydrogen (secondary N) is 1. The standard InChI is InChI=1S/C46H80NO8P/c1-4-6-8-10-12-14-16-18-20-21-22-23-25-26-28-30-32-34-36-38-45(48)52-42-44(43-54-56(50,51)53-41-40-47-3)55-46(49)39-37-35-33-31-29-27-24-19-17-15-13-11-9-7-5-2/h6,8,12,14,18-20,22-24,26,28,44,47H,4-5,7,9-11,13,15-17,21,25,27,29-43H2,1-3H3,(H,50,51)/b8-6-,14-12-,20-18-,23-22-,24-19-,28-26-. The van der Waals surface area contributed by atoms with Crippen molar-refractivity contribution in [3.05, 3.63) is 72.9 Å². The fraction of sp³-hybridized carbons (Fsp3) is 0.696. The van der Waals surface area contributed by atoms with Gasteiger partial charge in [0.15, 0.2) is 6.10 Å². The number of unbranched alkanes of at least 4 members (excludes halogenated alkanes) is 14. The molecule has 0 aromatic rings. The predicted molar refractivity (Wildman–Crippen MR) is 233 cm³/mol. The zero-order chi connectivity index (χ0) is 41.1. The van der Waals surface area contributed by atoms with Crippen LogP contribution in [0.25, 0.3) is 0 Å². The third kappa shape index (κ3) is 41.1. The van der Waals surface area contributed by atoms with Crippen LogP contribution in [0.15, 0.2) is 72.9 Å². The van der Waals surface area contributed by atoms with Crippen molar-refractivity contribution < 1.29 is 37.6 Å². The SMILES string of the molecule is CC/C=C\C/C=C\C/C=C\C/C=C\C/C=C\CCCCCC(=O)OCC(COP(=O)(O)OCCNC)OC(=O)CCCCCCC/C=C\CCCCCCCC. The quantitative estimate of drug-likeness (QED) is 0.0270. The summed E-state index contributed by atoms with van der Waals surface area (Å²) >= 11 is 0. The molecule has 0 radical (unpaired) electrons. The van der Waals surface area contributed by atoms with Crippen molar-refractivity contribution >= 4 is 19.8 Å². The molecule has 0 spiro atoms. The second-order valence-electron chi connectivity index (χ2n) is 14.1. The van der Waals surface area contributed by atoms with Gasteiger partial charge in [0, 0.05) is 19.4 Å². The molecule has 0 fully saturated rings. The van der Waals surface area contributed by atoms with E-state index in [1.807, 2.05) is 0 Å². The summed E-state index contributed by atoms with van der Waals surface area (Å²) in [6.45, 7) is 4.04. The lowest BCUT2D eigenvalue weighted by Crippen LogP contribution is -2.29. The first kappa shape index (κ1) is 53.5. The molecule has 0 aliphatic heterocycles. The van der Waals surface area contributed by atoms with Crippen LogP contribution in [0.1, 0.15) is 168 Å². The molecule has 2 atom stereocenters. The Bertz CT molecular complexity index is 1150. The summed E-state index contributed by atoms with van der Waals surface area (Å²) in [5.41, 5.74) is 0. The molecule has 10 heteroatoms. The molecule has 0 rings (SSSR count). The Hall–Kier alpha value is -2.55. The molecule has 0 saturated carbocycles. The van der Waals surface area contributed by atoms with Crippen molar-refractivity contribution in [3.63, 3.8) is 0 Å². The number of carbonyl (C=O) groups excluding carboxylic acids is 2. The van der Waals surface area contributed by atoms with Crippen LogP contribution < -0.4 is 5.32 Å². The first-order chi connectivity index (χ1) is 27.3. The Labute approximate surface area is 342 Å². The number of rotatable bonds is 40. The zero-order valence-corrected chi connectivity index (χ0v) is 36.5. The third-order valence-corrected chi connectivity index (χ3v) is 9.79. The molecule has 0 aliphatic carbocycles. The monoisotopic (exact) mass is 806 g/mol. The van der Waals surface area contributed by atoms with Gasteiger partial charge in [0.05, 0.1) is 13.2 Å². The van der Waals surface area contributed by atoms with E-state index < -0.39 is 32.5 Å². The van der Waals surface area contributed by atoms with Gasteiger partial charge in [0.25, 0.3) is 0 Å². The number of hydrogen-bond acceptors (Lipinski definition) is 8. The van der Waals surface area contributed by atoms with E-state index in [0.29, 0.717) is 19.4 Å². The minimum absolute atomic E-state index is 0.0275. The van der Waals surface area contributed by atoms with E-state index in [1.165, 1.54) is 44.9 Å². The molecule has 0 bridgehead atoms. The maximum Gasteiger partial charge on any atom is 0.472 e. The highest BCUT2D eigenvalue weighted by molar-refractivity contribution is 7.47. The highest BCUT2D eigenvalue weighted by Crippen LogP contribution is 2.43. The predicted octanol–water partition coefficient (Wildman–Crippen LogP) is 12.5. The fourth-order valence-electron chi connectivity index (χ4n) is 5.51. The molecule has 0 heterocycles. The van der Waals surface area contributed by atoms with Crippen LogP contribution in [0.2, 0.25) is 0 Å². The minimum atomic E-state index is -4.36. The minimum Gasteiger partial charge on any atom is -0.462 e. The highest BCUT2D eigenvalue weighted by Gasteiger charge is 2.26. The number of phosphoric ester groups is 1. The Kier molecular flexibility index (Phi) is 40.2. The molecule has 0 aliphatic rings. The Morgan fingerprint density at radius 3 is 1.55 bits per heavy atom. The Morgan fingerprint density at radius 1 is 0.571 bits per heavy atom. The molecule has 9 nitrogen and oxygen atoms in total. The molecule has 2 unspecified atom stereocenters. The Morgan fingerprint density at radius 2 is 1.02 bits per heavy atom. The fourth-order valence-corrected chi connectivity index (χ4v) is 6.26. The lowest BCUT2D eigenvalue weighted by molar-refractivity contribution is -0.161. The van der Waals surface area contributed by atoms with Gasteiger partial charge in [-0.1, -0.05) is 145 Å². The van der Waals surface area contributed by atoms with Crippen molar-refractivity contribution in [3.8, 4) is 0 Å². The van der Waals surface area contributed by atoms with Gasteiger partial charge >= 0.3 is 19.8 Å². The summed E-state index contributed by atoms with van der Waals surface area (Å²) in [5.74, 6) is -0.859. The normalized spacial score (nSPS) is 14.0. The van der Waals surface area contributed by atoms with Crippen molar-refractivity contribution in [2.75, 3.05) is 33.4 Å². The summed E-state index contributed by atoms with van der Waals surface area (Å²) in [6.07, 6.45) is 49.4. The molecule has 0 amide bonds. The van der Waals surface area contributed by atoms with Crippen molar-refractivity contribution in [2.45, 2.75) is 174 Å². The number of allylic oxidation sites excluding steroid dienone is 12. The lowest BCUT2D eigenvalue weighted by Gasteiger charge is -2.20. The molecule has 56 heavy (non-hydrogen) atoms. The van der Waals surface area contributed by atoms with E-state index in [1.54, 1.807) is 7.05 Å². The smallest absolute Gasteiger partial charge is 0.462 e. The summed E-state index contributed by atoms with van der Waals surface area (Å²) < 4.78 is 33.2. The topological polar surface area (TPSA) is 120 Å². The van der Waals surface area contributed by atoms with Crippen molar-refractivity contribution in [2.24, 2.45) is 0 Å². The zero-order valence-electron chi connectivity index (χ0n) is 35.6. The molecule has 0 aromatic carbocycles. The molecule has 2 N–H and O–H groups in total. The Balaban J connectivity index is 4.31. The van der Waals surface area contributed by atoms with Gasteiger partial charge in [-0.2, -0.15) is 0 Å². The largest absolute Gasteiger partial charge is 0.472 e. The van der Waals surface area contributed by atoms with Crippen LogP contribution in [0.3, 0.4) is 0 Å². The molecule has 322 valence electrons. The van der Waals surface area contributed by atoms with E-state index in [4.69, 9.17) is 18.5 Å². The van der Waals surface area contributed by atoms with Gasteiger partial charge in [-0.25, -0.2) is 4.57 Å². The molecule has 0 saturated heterocycles. The molecular formula is C46H80NO8P. The van der Waals surface area contributed by atoms with Crippen molar-refractivity contribution in [1.29, 1.82) is 0 Å². The van der Waals surface area contributed by atoms with Gasteiger partial charge in [-0.15, -0.1) is 0 Å². The van der Waals surface area contributed by atoms with Gasteiger partial charge < -0.3 is 19.7 Å². The highest BCUT2D eigenvalue weighted by atomic mass is 31.2. The number of ether oxygens (including phenoxy) is 2. The summed E-state index contributed by atoms with van der Waals surface area (Å²) in [5, 5.41) is 2.82. The van der Waals surface area contributed by atoms with Crippen LogP contribution in [0.5, 0.6) is 0 Å². The number of hydrogen-bond donors (Lipinski definition) is 2. The lowest BCUT2D eigenvalue weighted by atomic mass is 10.1. The second kappa shape index (κ2) is 42.1. The summed E-state index contributed by atoms with van der Waals surface area (Å²) in [6, 6.07) is 0. The van der Waals surface area contributed by atoms with E-state index in [9.17, 15) is 19.0 Å². The van der Waals surface area contributed by atoms with E-state index in [0.717, 1.165) is 83.5 Å². The van der Waals surface area contributed by atoms with E-state index in [-0.39, 0.29) is 26.1 Å². The third-order valence-electron chi connectivity index (χ3n) is 8.81. The van der Waals surface area contributed by atoms with Crippen molar-refractivity contribution in [1.82, 2.24) is 5.32 Å². The average Bonchev–Trinajstić information content (AvgIpc) is 3.18. The second-order valence-corrected chi connectivity index (χ2v) is 15.6. The van der Waals surface area contributed by atoms with Crippen LogP contribution in [0.4, 0.5) is 0 Å². The summed E-state index contributed by atoms with van der Waals surface area (Å²) in [7, 11) is -2.67. The van der Waals surface area contributed by atoms with Gasteiger partial charge in [0.2, 0.25) is 0 Å². The van der Waals surface area contributed by atoms with E-state index in [2.05, 4.69) is 92.1 Å². The van der Waals surface area contributed by atoms with Gasteiger partial charge in [-0.05, 0) is 90.5 Å². The first-order valence-corrected chi connectivity index (χ1v) is 23.4. The molecular weight excluding hydrogens is 725 g/mol. The summed E-state index contributed by atoms with van der Waals surface area (Å²) in [4.78, 5) is 35.1. The molecule has 0 aromatic heterocycles. The van der Waals surface area contributed by atoms with Crippen LogP contribution >= 0.6 is 7.82 Å². The maximum absolute atomic E-state index is 12.6. The van der Waals surface area contributed by atoms with E-state index >= 15 is 0 Å². The van der Waals surface area contributed by atoms with Crippen LogP contribution in [-0.2, 0) is 32.7 Å². The van der Waals surface area contributed by atoms with Gasteiger partial charge in [0.1, 0.15) is 6.61 Å². The first-order valence-electron chi connectivity index (χ1n) is 21.9. The maximum atomic E-state index is 12.6.